The van der Waals surface area contributed by atoms with Gasteiger partial charge >= 0.3 is 0 Å². The van der Waals surface area contributed by atoms with E-state index < -0.39 is 0 Å². The van der Waals surface area contributed by atoms with E-state index in [1.807, 2.05) is 32.3 Å². The van der Waals surface area contributed by atoms with Crippen molar-refractivity contribution in [1.29, 1.82) is 0 Å². The second kappa shape index (κ2) is 5.30. The molecule has 0 radical (unpaired) electrons. The van der Waals surface area contributed by atoms with E-state index in [1.54, 1.807) is 0 Å². The minimum Gasteiger partial charge on any atom is -0.205 e. The predicted octanol–water partition coefficient (Wildman–Crippen LogP) is 3.25. The summed E-state index contributed by atoms with van der Waals surface area (Å²) in [6, 6.07) is 8.36. The molecule has 0 amide bonds. The van der Waals surface area contributed by atoms with Crippen molar-refractivity contribution in [2.45, 2.75) is 13.8 Å². The van der Waals surface area contributed by atoms with Gasteiger partial charge in [-0.3, -0.25) is 0 Å². The Balaban J connectivity index is 3.29. The number of hydrogen-bond donors (Lipinski definition) is 0. The van der Waals surface area contributed by atoms with Crippen molar-refractivity contribution in [1.82, 2.24) is 0 Å². The van der Waals surface area contributed by atoms with Crippen LogP contribution in [-0.4, -0.2) is 17.8 Å². The smallest absolute Gasteiger partial charge is 0.205 e. The zero-order chi connectivity index (χ0) is 11.3. The van der Waals surface area contributed by atoms with Crippen LogP contribution in [-0.2, 0) is 0 Å². The molecule has 0 aliphatic rings. The molecule has 1 rings (SSSR count). The summed E-state index contributed by atoms with van der Waals surface area (Å²) in [5.74, 6) is 0. The van der Waals surface area contributed by atoms with Crippen molar-refractivity contribution in [3.05, 3.63) is 54.1 Å². The van der Waals surface area contributed by atoms with E-state index in [1.165, 1.54) is 16.8 Å². The Morgan fingerprint density at radius 2 is 2.00 bits per heavy atom. The Morgan fingerprint density at radius 3 is 2.53 bits per heavy atom. The molecule has 0 heterocycles. The Morgan fingerprint density at radius 1 is 1.33 bits per heavy atom. The monoisotopic (exact) mass is 200 g/mol. The molecule has 0 bridgehead atoms. The van der Waals surface area contributed by atoms with E-state index >= 15 is 0 Å². The van der Waals surface area contributed by atoms with Crippen molar-refractivity contribution in [3.8, 4) is 0 Å². The first kappa shape index (κ1) is 11.4. The van der Waals surface area contributed by atoms with E-state index in [9.17, 15) is 0 Å². The summed E-state index contributed by atoms with van der Waals surface area (Å²) in [6.07, 6.45) is 5.89. The molecule has 0 fully saturated rings. The van der Waals surface area contributed by atoms with Crippen LogP contribution in [0, 0.1) is 6.92 Å². The van der Waals surface area contributed by atoms with Gasteiger partial charge in [0.15, 0.2) is 0 Å². The van der Waals surface area contributed by atoms with Crippen LogP contribution >= 0.6 is 0 Å². The fraction of sp³-hybridized carbons (Fsp3) is 0.214. The van der Waals surface area contributed by atoms with Crippen LogP contribution in [0.15, 0.2) is 43.0 Å². The molecular weight excluding hydrogens is 182 g/mol. The van der Waals surface area contributed by atoms with Gasteiger partial charge in [-0.15, -0.1) is 0 Å². The van der Waals surface area contributed by atoms with Crippen LogP contribution < -0.4 is 0 Å². The Hall–Kier alpha value is -1.63. The zero-order valence-electron chi connectivity index (χ0n) is 9.70. The zero-order valence-corrected chi connectivity index (χ0v) is 9.70. The summed E-state index contributed by atoms with van der Waals surface area (Å²) in [5.41, 5.74) is 3.70. The van der Waals surface area contributed by atoms with Crippen LogP contribution in [0.2, 0.25) is 0 Å². The molecule has 0 N–H and O–H groups in total. The van der Waals surface area contributed by atoms with Gasteiger partial charge < -0.3 is 0 Å². The number of benzene rings is 1. The molecule has 0 saturated heterocycles. The van der Waals surface area contributed by atoms with Gasteiger partial charge in [0.25, 0.3) is 0 Å². The molecule has 0 aliphatic carbocycles. The first-order valence-electron chi connectivity index (χ1n) is 5.11. The van der Waals surface area contributed by atoms with E-state index in [2.05, 4.69) is 42.3 Å². The highest BCUT2D eigenvalue weighted by Crippen LogP contribution is 2.18. The molecule has 0 aliphatic heterocycles. The van der Waals surface area contributed by atoms with Gasteiger partial charge in [0, 0.05) is 18.6 Å². The van der Waals surface area contributed by atoms with Gasteiger partial charge in [-0.25, -0.2) is 4.58 Å². The first-order chi connectivity index (χ1) is 7.20. The number of hydrogen-bond acceptors (Lipinski definition) is 0. The Labute approximate surface area is 92.1 Å². The molecule has 15 heavy (non-hydrogen) atoms. The third-order valence-corrected chi connectivity index (χ3v) is 2.46. The highest BCUT2D eigenvalue weighted by Gasteiger charge is 2.11. The van der Waals surface area contributed by atoms with Crippen molar-refractivity contribution < 1.29 is 4.58 Å². The lowest BCUT2D eigenvalue weighted by molar-refractivity contribution is -0.390. The molecule has 78 valence electrons. The minimum atomic E-state index is 1.17. The highest BCUT2D eigenvalue weighted by molar-refractivity contribution is 5.66. The molecule has 1 aromatic rings. The lowest BCUT2D eigenvalue weighted by Crippen LogP contribution is -2.05. The Kier molecular flexibility index (Phi) is 4.04. The molecule has 1 heteroatoms. The van der Waals surface area contributed by atoms with E-state index in [4.69, 9.17) is 0 Å². The molecule has 0 atom stereocenters. The predicted molar refractivity (Wildman–Crippen MR) is 67.3 cm³/mol. The lowest BCUT2D eigenvalue weighted by Gasteiger charge is -2.05. The van der Waals surface area contributed by atoms with Crippen LogP contribution in [0.25, 0.3) is 5.70 Å². The fourth-order valence-corrected chi connectivity index (χ4v) is 1.51. The summed E-state index contributed by atoms with van der Waals surface area (Å²) in [4.78, 5) is 0. The van der Waals surface area contributed by atoms with Gasteiger partial charge in [-0.05, 0) is 18.6 Å². The normalized spacial score (nSPS) is 12.7. The summed E-state index contributed by atoms with van der Waals surface area (Å²) in [5, 5.41) is 0. The van der Waals surface area contributed by atoms with Crippen molar-refractivity contribution in [2.75, 3.05) is 7.05 Å². The number of aryl methyl sites for hydroxylation is 1. The SMILES string of the molecule is C=C/C=C(c1ccccc1C)\[N+](C)=C/C. The third-order valence-electron chi connectivity index (χ3n) is 2.46. The van der Waals surface area contributed by atoms with Gasteiger partial charge in [0.1, 0.15) is 13.3 Å². The lowest BCUT2D eigenvalue weighted by atomic mass is 10.1. The van der Waals surface area contributed by atoms with Gasteiger partial charge in [0.05, 0.1) is 0 Å². The second-order valence-electron chi connectivity index (χ2n) is 3.47. The number of nitrogens with zero attached hydrogens (tertiary/aromatic N) is 1. The molecule has 1 aromatic carbocycles. The largest absolute Gasteiger partial charge is 0.212 e. The van der Waals surface area contributed by atoms with Crippen LogP contribution in [0.5, 0.6) is 0 Å². The highest BCUT2D eigenvalue weighted by atomic mass is 15.0. The summed E-state index contributed by atoms with van der Waals surface area (Å²) >= 11 is 0. The Bertz CT molecular complexity index is 411. The molecular formula is C14H18N+. The van der Waals surface area contributed by atoms with Crippen molar-refractivity contribution in [3.63, 3.8) is 0 Å². The average molecular weight is 200 g/mol. The molecule has 0 unspecified atom stereocenters. The minimum absolute atomic E-state index is 1.17. The second-order valence-corrected chi connectivity index (χ2v) is 3.47. The summed E-state index contributed by atoms with van der Waals surface area (Å²) < 4.78 is 2.10. The molecule has 0 spiro atoms. The van der Waals surface area contributed by atoms with Crippen LogP contribution in [0.4, 0.5) is 0 Å². The number of allylic oxidation sites excluding steroid dienone is 2. The van der Waals surface area contributed by atoms with E-state index in [0.29, 0.717) is 0 Å². The standard InChI is InChI=1S/C14H18N/c1-5-9-14(15(4)6-2)13-11-8-7-10-12(13)3/h5-11H,1H2,2-4H3/q+1/b14-9-,15-6-. The summed E-state index contributed by atoms with van der Waals surface area (Å²) in [7, 11) is 2.04. The maximum Gasteiger partial charge on any atom is 0.212 e. The maximum atomic E-state index is 3.76. The van der Waals surface area contributed by atoms with E-state index in [-0.39, 0.29) is 0 Å². The quantitative estimate of drug-likeness (QED) is 0.400. The molecule has 1 nitrogen and oxygen atoms in total. The van der Waals surface area contributed by atoms with Crippen molar-refractivity contribution >= 4 is 11.9 Å². The molecule has 0 aromatic heterocycles. The number of rotatable bonds is 3. The van der Waals surface area contributed by atoms with E-state index in [0.717, 1.165) is 0 Å². The maximum absolute atomic E-state index is 3.76. The van der Waals surface area contributed by atoms with Crippen molar-refractivity contribution in [2.24, 2.45) is 0 Å². The van der Waals surface area contributed by atoms with Crippen LogP contribution in [0.1, 0.15) is 18.1 Å². The first-order valence-corrected chi connectivity index (χ1v) is 5.11. The summed E-state index contributed by atoms with van der Waals surface area (Å²) in [6.45, 7) is 7.90. The van der Waals surface area contributed by atoms with Gasteiger partial charge in [-0.1, -0.05) is 30.9 Å². The average Bonchev–Trinajstić information content (AvgIpc) is 2.26. The third kappa shape index (κ3) is 2.66. The van der Waals surface area contributed by atoms with Gasteiger partial charge in [0.2, 0.25) is 5.70 Å². The molecule has 0 saturated carbocycles. The fourth-order valence-electron chi connectivity index (χ4n) is 1.51. The van der Waals surface area contributed by atoms with Crippen LogP contribution in [0.3, 0.4) is 0 Å². The van der Waals surface area contributed by atoms with Gasteiger partial charge in [-0.2, -0.15) is 0 Å². The topological polar surface area (TPSA) is 3.01 Å².